The maximum atomic E-state index is 14.4. The molecule has 2 aromatic rings. The van der Waals surface area contributed by atoms with Crippen molar-refractivity contribution in [1.29, 1.82) is 0 Å². The molecular formula is C20H16F8O3. The van der Waals surface area contributed by atoms with Crippen molar-refractivity contribution < 1.29 is 49.4 Å². The quantitative estimate of drug-likeness (QED) is 0.153. The molecule has 0 unspecified atom stereocenters. The number of carbonyl (C=O) groups is 1. The molecule has 0 heterocycles. The van der Waals surface area contributed by atoms with E-state index in [9.17, 15) is 39.9 Å². The normalized spacial score (nSPS) is 11.0. The zero-order valence-corrected chi connectivity index (χ0v) is 16.3. The molecule has 170 valence electrons. The van der Waals surface area contributed by atoms with Crippen LogP contribution in [-0.2, 0) is 4.79 Å². The number of unbranched alkanes of at least 4 members (excludes halogenated alkanes) is 2. The molecule has 0 aliphatic heterocycles. The van der Waals surface area contributed by atoms with Gasteiger partial charge >= 0.3 is 5.97 Å². The smallest absolute Gasteiger partial charge is 0.311 e. The van der Waals surface area contributed by atoms with Crippen molar-refractivity contribution in [3.8, 4) is 22.6 Å². The summed E-state index contributed by atoms with van der Waals surface area (Å²) in [5.41, 5.74) is -4.09. The summed E-state index contributed by atoms with van der Waals surface area (Å²) < 4.78 is 123. The van der Waals surface area contributed by atoms with E-state index < -0.39 is 81.6 Å². The highest BCUT2D eigenvalue weighted by Gasteiger charge is 2.35. The molecule has 0 radical (unpaired) electrons. The van der Waals surface area contributed by atoms with Crippen LogP contribution < -0.4 is 9.47 Å². The number of benzene rings is 2. The van der Waals surface area contributed by atoms with Crippen molar-refractivity contribution in [2.75, 3.05) is 6.61 Å². The third kappa shape index (κ3) is 4.59. The van der Waals surface area contributed by atoms with Gasteiger partial charge in [0.1, 0.15) is 0 Å². The van der Waals surface area contributed by atoms with Crippen molar-refractivity contribution in [3.05, 3.63) is 46.5 Å². The number of halogens is 8. The van der Waals surface area contributed by atoms with E-state index in [1.807, 2.05) is 6.92 Å². The van der Waals surface area contributed by atoms with E-state index >= 15 is 0 Å². The summed E-state index contributed by atoms with van der Waals surface area (Å²) in [5, 5.41) is 0. The Morgan fingerprint density at radius 1 is 0.645 bits per heavy atom. The lowest BCUT2D eigenvalue weighted by molar-refractivity contribution is -0.134. The molecular weight excluding hydrogens is 440 g/mol. The number of hydrogen-bond acceptors (Lipinski definition) is 3. The van der Waals surface area contributed by atoms with Crippen LogP contribution in [0.3, 0.4) is 0 Å². The second-order valence-corrected chi connectivity index (χ2v) is 6.30. The van der Waals surface area contributed by atoms with Crippen LogP contribution in [0.2, 0.25) is 0 Å². The number of rotatable bonds is 8. The van der Waals surface area contributed by atoms with Gasteiger partial charge in [0.2, 0.25) is 29.0 Å². The third-order valence-corrected chi connectivity index (χ3v) is 4.20. The summed E-state index contributed by atoms with van der Waals surface area (Å²) in [7, 11) is 0. The van der Waals surface area contributed by atoms with Gasteiger partial charge in [-0.3, -0.25) is 4.79 Å². The van der Waals surface area contributed by atoms with Gasteiger partial charge in [0, 0.05) is 6.42 Å². The zero-order chi connectivity index (χ0) is 23.5. The van der Waals surface area contributed by atoms with Crippen LogP contribution in [0.5, 0.6) is 11.5 Å². The standard InChI is InChI=1S/C20H16F8O3/c1-3-5-6-7-30-19-15(25)11(21)9(12(22)16(19)26)10-13(23)17(27)20(18(28)14(10)24)31-8(29)4-2/h3-7H2,1-2H3. The summed E-state index contributed by atoms with van der Waals surface area (Å²) in [6.07, 6.45) is 1.15. The predicted octanol–water partition coefficient (Wildman–Crippen LogP) is 6.35. The number of hydrogen-bond donors (Lipinski definition) is 0. The fraction of sp³-hybridized carbons (Fsp3) is 0.350. The molecule has 2 rings (SSSR count). The Balaban J connectivity index is 2.68. The molecule has 2 aromatic carbocycles. The molecule has 0 saturated heterocycles. The Bertz CT molecular complexity index is 949. The molecule has 0 aliphatic carbocycles. The van der Waals surface area contributed by atoms with E-state index in [1.165, 1.54) is 6.92 Å². The molecule has 31 heavy (non-hydrogen) atoms. The lowest BCUT2D eigenvalue weighted by atomic mass is 10.0. The lowest BCUT2D eigenvalue weighted by Gasteiger charge is -2.16. The average Bonchev–Trinajstić information content (AvgIpc) is 2.75. The van der Waals surface area contributed by atoms with Crippen LogP contribution in [0, 0.1) is 46.5 Å². The van der Waals surface area contributed by atoms with E-state index in [0.717, 1.165) is 0 Å². The summed E-state index contributed by atoms with van der Waals surface area (Å²) >= 11 is 0. The highest BCUT2D eigenvalue weighted by atomic mass is 19.2. The molecule has 0 spiro atoms. The topological polar surface area (TPSA) is 35.5 Å². The van der Waals surface area contributed by atoms with Crippen LogP contribution in [0.15, 0.2) is 0 Å². The summed E-state index contributed by atoms with van der Waals surface area (Å²) in [6.45, 7) is 2.70. The molecule has 11 heteroatoms. The van der Waals surface area contributed by atoms with Crippen LogP contribution >= 0.6 is 0 Å². The van der Waals surface area contributed by atoms with Gasteiger partial charge < -0.3 is 9.47 Å². The van der Waals surface area contributed by atoms with Crippen molar-refractivity contribution in [2.24, 2.45) is 0 Å². The molecule has 0 N–H and O–H groups in total. The SMILES string of the molecule is CCCCCOc1c(F)c(F)c(-c2c(F)c(F)c(OC(=O)CC)c(F)c2F)c(F)c1F. The number of esters is 1. The Morgan fingerprint density at radius 2 is 1.06 bits per heavy atom. The van der Waals surface area contributed by atoms with Gasteiger partial charge in [-0.25, -0.2) is 17.6 Å². The van der Waals surface area contributed by atoms with Gasteiger partial charge in [0.15, 0.2) is 29.0 Å². The van der Waals surface area contributed by atoms with E-state index in [1.54, 1.807) is 0 Å². The van der Waals surface area contributed by atoms with Gasteiger partial charge in [-0.2, -0.15) is 17.6 Å². The first-order valence-electron chi connectivity index (χ1n) is 9.13. The number of ether oxygens (including phenoxy) is 2. The Kier molecular flexibility index (Phi) is 7.85. The predicted molar refractivity (Wildman–Crippen MR) is 92.5 cm³/mol. The third-order valence-electron chi connectivity index (χ3n) is 4.20. The van der Waals surface area contributed by atoms with Crippen molar-refractivity contribution in [1.82, 2.24) is 0 Å². The monoisotopic (exact) mass is 456 g/mol. The van der Waals surface area contributed by atoms with Gasteiger partial charge in [-0.15, -0.1) is 0 Å². The minimum Gasteiger partial charge on any atom is -0.487 e. The second-order valence-electron chi connectivity index (χ2n) is 6.30. The van der Waals surface area contributed by atoms with Gasteiger partial charge in [0.25, 0.3) is 0 Å². The van der Waals surface area contributed by atoms with Crippen molar-refractivity contribution in [3.63, 3.8) is 0 Å². The molecule has 0 aliphatic rings. The number of carbonyl (C=O) groups excluding carboxylic acids is 1. The second kappa shape index (κ2) is 9.97. The zero-order valence-electron chi connectivity index (χ0n) is 16.3. The molecule has 3 nitrogen and oxygen atoms in total. The van der Waals surface area contributed by atoms with Gasteiger partial charge in [-0.05, 0) is 6.42 Å². The lowest BCUT2D eigenvalue weighted by Crippen LogP contribution is -2.13. The fourth-order valence-corrected chi connectivity index (χ4v) is 2.59. The molecule has 0 fully saturated rings. The Hall–Kier alpha value is -2.85. The van der Waals surface area contributed by atoms with Crippen molar-refractivity contribution in [2.45, 2.75) is 39.5 Å². The minimum absolute atomic E-state index is 0.290. The maximum absolute atomic E-state index is 14.4. The first-order chi connectivity index (χ1) is 14.6. The first-order valence-corrected chi connectivity index (χ1v) is 9.13. The maximum Gasteiger partial charge on any atom is 0.311 e. The molecule has 0 bridgehead atoms. The molecule has 0 atom stereocenters. The van der Waals surface area contributed by atoms with E-state index in [-0.39, 0.29) is 13.0 Å². The Morgan fingerprint density at radius 3 is 1.45 bits per heavy atom. The Labute approximate surface area is 171 Å². The van der Waals surface area contributed by atoms with Crippen LogP contribution in [0.4, 0.5) is 35.1 Å². The molecule has 0 amide bonds. The van der Waals surface area contributed by atoms with Crippen LogP contribution in [0.1, 0.15) is 39.5 Å². The van der Waals surface area contributed by atoms with E-state index in [2.05, 4.69) is 9.47 Å². The van der Waals surface area contributed by atoms with Gasteiger partial charge in [-0.1, -0.05) is 26.7 Å². The van der Waals surface area contributed by atoms with E-state index in [0.29, 0.717) is 12.8 Å². The van der Waals surface area contributed by atoms with Crippen LogP contribution in [0.25, 0.3) is 11.1 Å². The first kappa shape index (κ1) is 24.4. The fourth-order valence-electron chi connectivity index (χ4n) is 2.59. The summed E-state index contributed by atoms with van der Waals surface area (Å²) in [4.78, 5) is 11.2. The van der Waals surface area contributed by atoms with Crippen LogP contribution in [-0.4, -0.2) is 12.6 Å². The minimum atomic E-state index is -2.42. The van der Waals surface area contributed by atoms with Gasteiger partial charge in [0.05, 0.1) is 17.7 Å². The molecule has 0 saturated carbocycles. The summed E-state index contributed by atoms with van der Waals surface area (Å²) in [6, 6.07) is 0. The van der Waals surface area contributed by atoms with E-state index in [4.69, 9.17) is 0 Å². The largest absolute Gasteiger partial charge is 0.487 e. The summed E-state index contributed by atoms with van der Waals surface area (Å²) in [5.74, 6) is -23.0. The average molecular weight is 456 g/mol. The highest BCUT2D eigenvalue weighted by molar-refractivity contribution is 5.74. The molecule has 0 aromatic heterocycles. The van der Waals surface area contributed by atoms with Crippen molar-refractivity contribution >= 4 is 5.97 Å². The highest BCUT2D eigenvalue weighted by Crippen LogP contribution is 2.41.